The summed E-state index contributed by atoms with van der Waals surface area (Å²) in [6, 6.07) is 0. The Kier molecular flexibility index (Phi) is 3.95. The molecule has 2 heteroatoms. The first-order valence-corrected chi connectivity index (χ1v) is 6.61. The Morgan fingerprint density at radius 2 is 1.59 bits per heavy atom. The first kappa shape index (κ1) is 14.1. The first-order valence-electron chi connectivity index (χ1n) is 6.61. The highest BCUT2D eigenvalue weighted by Gasteiger charge is 2.40. The molecule has 0 heterocycles. The molecule has 0 fully saturated rings. The van der Waals surface area contributed by atoms with Crippen molar-refractivity contribution >= 4 is 0 Å². The molecular formula is C15H26O2. The largest absolute Gasteiger partial charge is 0.512 e. The monoisotopic (exact) mass is 238 g/mol. The fourth-order valence-corrected chi connectivity index (χ4v) is 2.29. The third kappa shape index (κ3) is 2.51. The minimum Gasteiger partial charge on any atom is -0.512 e. The molecule has 0 aliphatic heterocycles. The molecule has 17 heavy (non-hydrogen) atoms. The molecular weight excluding hydrogens is 212 g/mol. The molecule has 0 saturated carbocycles. The fourth-order valence-electron chi connectivity index (χ4n) is 2.29. The summed E-state index contributed by atoms with van der Waals surface area (Å²) in [6.45, 7) is 10.1. The van der Waals surface area contributed by atoms with Gasteiger partial charge >= 0.3 is 0 Å². The summed E-state index contributed by atoms with van der Waals surface area (Å²) in [4.78, 5) is 0. The molecule has 0 spiro atoms. The lowest BCUT2D eigenvalue weighted by Gasteiger charge is -2.39. The van der Waals surface area contributed by atoms with Crippen LogP contribution >= 0.6 is 0 Å². The van der Waals surface area contributed by atoms with Crippen LogP contribution in [0.4, 0.5) is 0 Å². The van der Waals surface area contributed by atoms with Gasteiger partial charge in [-0.25, -0.2) is 0 Å². The summed E-state index contributed by atoms with van der Waals surface area (Å²) in [5.74, 6) is 0.957. The van der Waals surface area contributed by atoms with Crippen LogP contribution in [0.1, 0.15) is 53.9 Å². The van der Waals surface area contributed by atoms with Gasteiger partial charge in [-0.1, -0.05) is 33.6 Å². The summed E-state index contributed by atoms with van der Waals surface area (Å²) in [6.07, 6.45) is 7.11. The Morgan fingerprint density at radius 1 is 1.12 bits per heavy atom. The standard InChI is InChI=1S/C15H26O2/c1-6-7-8-15(11(2)3)9-12(16)14(4,5)13(17)10-15/h9-11,16-17H,6-8H2,1-5H3. The molecule has 0 unspecified atom stereocenters. The second-order valence-electron chi connectivity index (χ2n) is 6.05. The molecule has 0 bridgehead atoms. The average Bonchev–Trinajstić information content (AvgIpc) is 2.23. The molecule has 1 aliphatic rings. The second kappa shape index (κ2) is 4.75. The Labute approximate surface area is 105 Å². The van der Waals surface area contributed by atoms with E-state index in [1.807, 2.05) is 26.0 Å². The van der Waals surface area contributed by atoms with Crippen molar-refractivity contribution in [2.75, 3.05) is 0 Å². The van der Waals surface area contributed by atoms with Crippen molar-refractivity contribution in [2.45, 2.75) is 53.9 Å². The van der Waals surface area contributed by atoms with Crippen molar-refractivity contribution in [2.24, 2.45) is 16.7 Å². The van der Waals surface area contributed by atoms with E-state index in [1.165, 1.54) is 0 Å². The maximum absolute atomic E-state index is 10.2. The van der Waals surface area contributed by atoms with Crippen LogP contribution in [0.25, 0.3) is 0 Å². The SMILES string of the molecule is CCCCC1(C(C)C)C=C(O)C(C)(C)C(O)=C1. The number of aliphatic hydroxyl groups is 2. The van der Waals surface area contributed by atoms with Crippen molar-refractivity contribution in [1.29, 1.82) is 0 Å². The Hall–Kier alpha value is -0.920. The maximum atomic E-state index is 10.2. The molecule has 2 N–H and O–H groups in total. The highest BCUT2D eigenvalue weighted by Crippen LogP contribution is 2.47. The number of hydrogen-bond donors (Lipinski definition) is 2. The van der Waals surface area contributed by atoms with Gasteiger partial charge in [0.25, 0.3) is 0 Å². The Balaban J connectivity index is 3.14. The van der Waals surface area contributed by atoms with E-state index in [4.69, 9.17) is 0 Å². The quantitative estimate of drug-likeness (QED) is 0.742. The summed E-state index contributed by atoms with van der Waals surface area (Å²) < 4.78 is 0. The van der Waals surface area contributed by atoms with Crippen LogP contribution in [0, 0.1) is 16.7 Å². The first-order chi connectivity index (χ1) is 7.76. The van der Waals surface area contributed by atoms with Crippen LogP contribution in [0.3, 0.4) is 0 Å². The molecule has 0 aromatic carbocycles. The highest BCUT2D eigenvalue weighted by atomic mass is 16.3. The number of allylic oxidation sites excluding steroid dienone is 2. The predicted molar refractivity (Wildman–Crippen MR) is 72.0 cm³/mol. The van der Waals surface area contributed by atoms with Crippen molar-refractivity contribution in [1.82, 2.24) is 0 Å². The van der Waals surface area contributed by atoms with Gasteiger partial charge in [0.2, 0.25) is 0 Å². The minimum atomic E-state index is -0.634. The van der Waals surface area contributed by atoms with Gasteiger partial charge in [0.05, 0.1) is 5.41 Å². The van der Waals surface area contributed by atoms with Crippen molar-refractivity contribution in [3.63, 3.8) is 0 Å². The lowest BCUT2D eigenvalue weighted by Crippen LogP contribution is -2.32. The topological polar surface area (TPSA) is 40.5 Å². The van der Waals surface area contributed by atoms with E-state index < -0.39 is 5.41 Å². The smallest absolute Gasteiger partial charge is 0.102 e. The number of hydrogen-bond acceptors (Lipinski definition) is 2. The van der Waals surface area contributed by atoms with Crippen LogP contribution in [-0.2, 0) is 0 Å². The van der Waals surface area contributed by atoms with Gasteiger partial charge in [-0.15, -0.1) is 0 Å². The Bertz CT molecular complexity index is 313. The van der Waals surface area contributed by atoms with Crippen LogP contribution in [0.2, 0.25) is 0 Å². The van der Waals surface area contributed by atoms with E-state index in [1.54, 1.807) is 0 Å². The minimum absolute atomic E-state index is 0.195. The Morgan fingerprint density at radius 3 is 1.94 bits per heavy atom. The molecule has 1 aliphatic carbocycles. The normalized spacial score (nSPS) is 22.2. The zero-order chi connectivity index (χ0) is 13.3. The molecule has 2 nitrogen and oxygen atoms in total. The molecule has 0 saturated heterocycles. The van der Waals surface area contributed by atoms with Gasteiger partial charge in [-0.3, -0.25) is 0 Å². The van der Waals surface area contributed by atoms with Gasteiger partial charge < -0.3 is 10.2 Å². The lowest BCUT2D eigenvalue weighted by atomic mass is 9.66. The number of aliphatic hydroxyl groups excluding tert-OH is 2. The predicted octanol–water partition coefficient (Wildman–Crippen LogP) is 4.74. The maximum Gasteiger partial charge on any atom is 0.102 e. The molecule has 0 amide bonds. The summed E-state index contributed by atoms with van der Waals surface area (Å²) >= 11 is 0. The number of unbranched alkanes of at least 4 members (excludes halogenated alkanes) is 1. The molecule has 0 aromatic rings. The van der Waals surface area contributed by atoms with Crippen LogP contribution in [0.5, 0.6) is 0 Å². The van der Waals surface area contributed by atoms with Gasteiger partial charge in [0, 0.05) is 5.41 Å². The zero-order valence-corrected chi connectivity index (χ0v) is 11.7. The highest BCUT2D eigenvalue weighted by molar-refractivity contribution is 5.31. The van der Waals surface area contributed by atoms with Crippen LogP contribution in [0.15, 0.2) is 23.7 Å². The lowest BCUT2D eigenvalue weighted by molar-refractivity contribution is 0.173. The van der Waals surface area contributed by atoms with Gasteiger partial charge in [-0.2, -0.15) is 0 Å². The van der Waals surface area contributed by atoms with E-state index in [0.29, 0.717) is 17.4 Å². The molecule has 98 valence electrons. The summed E-state index contributed by atoms with van der Waals surface area (Å²) in [5, 5.41) is 20.3. The fraction of sp³-hybridized carbons (Fsp3) is 0.733. The van der Waals surface area contributed by atoms with E-state index in [0.717, 1.165) is 19.3 Å². The van der Waals surface area contributed by atoms with Gasteiger partial charge in [0.15, 0.2) is 0 Å². The molecule has 1 rings (SSSR count). The average molecular weight is 238 g/mol. The number of rotatable bonds is 4. The van der Waals surface area contributed by atoms with E-state index >= 15 is 0 Å². The van der Waals surface area contributed by atoms with E-state index in [2.05, 4.69) is 20.8 Å². The molecule has 0 radical (unpaired) electrons. The third-order valence-electron chi connectivity index (χ3n) is 4.13. The second-order valence-corrected chi connectivity index (χ2v) is 6.05. The molecule has 0 atom stereocenters. The van der Waals surface area contributed by atoms with Gasteiger partial charge in [0.1, 0.15) is 11.5 Å². The van der Waals surface area contributed by atoms with E-state index in [-0.39, 0.29) is 5.41 Å². The van der Waals surface area contributed by atoms with Crippen molar-refractivity contribution in [3.05, 3.63) is 23.7 Å². The van der Waals surface area contributed by atoms with Crippen molar-refractivity contribution < 1.29 is 10.2 Å². The molecule has 0 aromatic heterocycles. The summed E-state index contributed by atoms with van der Waals surface area (Å²) in [7, 11) is 0. The van der Waals surface area contributed by atoms with Gasteiger partial charge in [-0.05, 0) is 38.3 Å². The van der Waals surface area contributed by atoms with Crippen LogP contribution < -0.4 is 0 Å². The van der Waals surface area contributed by atoms with Crippen LogP contribution in [-0.4, -0.2) is 10.2 Å². The van der Waals surface area contributed by atoms with Crippen molar-refractivity contribution in [3.8, 4) is 0 Å². The van der Waals surface area contributed by atoms with E-state index in [9.17, 15) is 10.2 Å². The summed E-state index contributed by atoms with van der Waals surface area (Å²) in [5.41, 5.74) is -0.829. The third-order valence-corrected chi connectivity index (χ3v) is 4.13. The zero-order valence-electron chi connectivity index (χ0n) is 11.7.